The molecule has 1 aromatic carbocycles. The lowest BCUT2D eigenvalue weighted by Gasteiger charge is -2.16. The van der Waals surface area contributed by atoms with Crippen molar-refractivity contribution in [2.24, 2.45) is 0 Å². The Morgan fingerprint density at radius 2 is 2.18 bits per heavy atom. The van der Waals surface area contributed by atoms with Crippen LogP contribution in [-0.2, 0) is 4.79 Å². The molecule has 1 fully saturated rings. The Hall–Kier alpha value is -1.60. The molecule has 0 aromatic heterocycles. The summed E-state index contributed by atoms with van der Waals surface area (Å²) in [6, 6.07) is 7.34. The Balaban J connectivity index is 2.08. The fraction of sp³-hybridized carbons (Fsp3) is 0.308. The van der Waals surface area contributed by atoms with Crippen LogP contribution in [0.15, 0.2) is 24.3 Å². The van der Waals surface area contributed by atoms with Crippen LogP contribution in [0.4, 0.5) is 5.69 Å². The Kier molecular flexibility index (Phi) is 3.60. The van der Waals surface area contributed by atoms with E-state index in [1.807, 2.05) is 24.3 Å². The molecule has 0 bridgehead atoms. The van der Waals surface area contributed by atoms with Crippen LogP contribution >= 0.6 is 12.6 Å². The molecule has 1 atom stereocenters. The molecule has 1 unspecified atom stereocenters. The molecule has 0 spiro atoms. The van der Waals surface area contributed by atoms with Crippen LogP contribution in [-0.4, -0.2) is 24.3 Å². The van der Waals surface area contributed by atoms with Crippen LogP contribution in [0.3, 0.4) is 0 Å². The third kappa shape index (κ3) is 2.75. The first kappa shape index (κ1) is 11.9. The van der Waals surface area contributed by atoms with Gasteiger partial charge < -0.3 is 9.64 Å². The normalized spacial score (nSPS) is 19.2. The molecular formula is C13H13NO2S. The van der Waals surface area contributed by atoms with Gasteiger partial charge in [0.15, 0.2) is 0 Å². The molecule has 1 heterocycles. The molecular weight excluding hydrogens is 234 g/mol. The van der Waals surface area contributed by atoms with E-state index in [4.69, 9.17) is 11.2 Å². The first-order valence-electron chi connectivity index (χ1n) is 5.35. The van der Waals surface area contributed by atoms with Crippen LogP contribution in [0.1, 0.15) is 6.42 Å². The molecule has 17 heavy (non-hydrogen) atoms. The zero-order valence-corrected chi connectivity index (χ0v) is 10.2. The predicted octanol–water partition coefficient (Wildman–Crippen LogP) is 1.73. The van der Waals surface area contributed by atoms with Crippen molar-refractivity contribution in [2.45, 2.75) is 11.7 Å². The number of thiol groups is 1. The summed E-state index contributed by atoms with van der Waals surface area (Å²) in [6.45, 7) is 0.910. The first-order valence-corrected chi connectivity index (χ1v) is 5.87. The zero-order chi connectivity index (χ0) is 12.3. The van der Waals surface area contributed by atoms with E-state index >= 15 is 0 Å². The van der Waals surface area contributed by atoms with Gasteiger partial charge >= 0.3 is 0 Å². The van der Waals surface area contributed by atoms with Crippen molar-refractivity contribution < 1.29 is 9.53 Å². The lowest BCUT2D eigenvalue weighted by atomic mass is 10.3. The summed E-state index contributed by atoms with van der Waals surface area (Å²) in [5, 5.41) is 0.125. The van der Waals surface area contributed by atoms with Gasteiger partial charge in [0.2, 0.25) is 5.91 Å². The highest BCUT2D eigenvalue weighted by Crippen LogP contribution is 2.25. The number of nitrogens with zero attached hydrogens (tertiary/aromatic N) is 1. The number of rotatable bonds is 3. The first-order chi connectivity index (χ1) is 8.20. The molecule has 1 aliphatic heterocycles. The molecule has 1 aromatic rings. The Bertz CT molecular complexity index is 449. The summed E-state index contributed by atoms with van der Waals surface area (Å²) in [6.07, 6.45) is 5.60. The SMILES string of the molecule is C#CCOc1ccc(N2CC(S)CC2=O)cc1. The van der Waals surface area contributed by atoms with Crippen molar-refractivity contribution in [3.8, 4) is 18.1 Å². The van der Waals surface area contributed by atoms with E-state index in [2.05, 4.69) is 18.5 Å². The predicted molar refractivity (Wildman–Crippen MR) is 70.5 cm³/mol. The maximum atomic E-state index is 11.7. The van der Waals surface area contributed by atoms with Gasteiger partial charge in [-0.15, -0.1) is 6.42 Å². The Labute approximate surface area is 106 Å². The summed E-state index contributed by atoms with van der Waals surface area (Å²) >= 11 is 4.32. The molecule has 88 valence electrons. The summed E-state index contributed by atoms with van der Waals surface area (Å²) < 4.78 is 5.27. The van der Waals surface area contributed by atoms with Crippen molar-refractivity contribution >= 4 is 24.2 Å². The van der Waals surface area contributed by atoms with E-state index < -0.39 is 0 Å². The number of hydrogen-bond acceptors (Lipinski definition) is 3. The van der Waals surface area contributed by atoms with Crippen molar-refractivity contribution in [3.63, 3.8) is 0 Å². The molecule has 0 radical (unpaired) electrons. The zero-order valence-electron chi connectivity index (χ0n) is 9.30. The summed E-state index contributed by atoms with van der Waals surface area (Å²) in [5.41, 5.74) is 0.875. The van der Waals surface area contributed by atoms with E-state index in [0.717, 1.165) is 5.69 Å². The highest BCUT2D eigenvalue weighted by atomic mass is 32.1. The van der Waals surface area contributed by atoms with Gasteiger partial charge in [-0.1, -0.05) is 5.92 Å². The molecule has 0 N–H and O–H groups in total. The standard InChI is InChI=1S/C13H13NO2S/c1-2-7-16-11-5-3-10(4-6-11)14-9-12(17)8-13(14)15/h1,3-6,12,17H,7-9H2. The number of terminal acetylenes is 1. The maximum Gasteiger partial charge on any atom is 0.228 e. The van der Waals surface area contributed by atoms with E-state index in [1.165, 1.54) is 0 Å². The average molecular weight is 247 g/mol. The van der Waals surface area contributed by atoms with Gasteiger partial charge in [-0.25, -0.2) is 0 Å². The number of hydrogen-bond donors (Lipinski definition) is 1. The summed E-state index contributed by atoms with van der Waals surface area (Å²) in [4.78, 5) is 13.4. The summed E-state index contributed by atoms with van der Waals surface area (Å²) in [7, 11) is 0. The minimum Gasteiger partial charge on any atom is -0.481 e. The minimum absolute atomic E-state index is 0.113. The second-order valence-electron chi connectivity index (χ2n) is 3.85. The number of anilines is 1. The molecule has 3 nitrogen and oxygen atoms in total. The minimum atomic E-state index is 0.113. The smallest absolute Gasteiger partial charge is 0.228 e. The number of carbonyl (C=O) groups is 1. The quantitative estimate of drug-likeness (QED) is 0.651. The molecule has 4 heteroatoms. The molecule has 0 aliphatic carbocycles. The van der Waals surface area contributed by atoms with Crippen LogP contribution in [0, 0.1) is 12.3 Å². The monoisotopic (exact) mass is 247 g/mol. The van der Waals surface area contributed by atoms with Crippen LogP contribution in [0.25, 0.3) is 0 Å². The van der Waals surface area contributed by atoms with E-state index in [0.29, 0.717) is 18.7 Å². The number of benzene rings is 1. The fourth-order valence-electron chi connectivity index (χ4n) is 1.79. The van der Waals surface area contributed by atoms with E-state index in [-0.39, 0.29) is 17.8 Å². The molecule has 0 saturated carbocycles. The maximum absolute atomic E-state index is 11.7. The topological polar surface area (TPSA) is 29.5 Å². The lowest BCUT2D eigenvalue weighted by Crippen LogP contribution is -2.24. The van der Waals surface area contributed by atoms with Gasteiger partial charge in [-0.05, 0) is 24.3 Å². The van der Waals surface area contributed by atoms with Crippen molar-refractivity contribution in [3.05, 3.63) is 24.3 Å². The molecule has 1 saturated heterocycles. The van der Waals surface area contributed by atoms with Gasteiger partial charge in [0.1, 0.15) is 12.4 Å². The van der Waals surface area contributed by atoms with Crippen LogP contribution in [0.5, 0.6) is 5.75 Å². The number of carbonyl (C=O) groups excluding carboxylic acids is 1. The fourth-order valence-corrected chi connectivity index (χ4v) is 2.11. The Morgan fingerprint density at radius 1 is 1.47 bits per heavy atom. The van der Waals surface area contributed by atoms with E-state index in [9.17, 15) is 4.79 Å². The highest BCUT2D eigenvalue weighted by Gasteiger charge is 2.28. The second-order valence-corrected chi connectivity index (χ2v) is 4.58. The molecule has 2 rings (SSSR count). The van der Waals surface area contributed by atoms with Crippen molar-refractivity contribution in [1.82, 2.24) is 0 Å². The van der Waals surface area contributed by atoms with Crippen LogP contribution in [0.2, 0.25) is 0 Å². The molecule has 1 aliphatic rings. The van der Waals surface area contributed by atoms with Gasteiger partial charge in [-0.2, -0.15) is 12.6 Å². The van der Waals surface area contributed by atoms with Gasteiger partial charge in [0.05, 0.1) is 0 Å². The van der Waals surface area contributed by atoms with E-state index in [1.54, 1.807) is 4.90 Å². The van der Waals surface area contributed by atoms with Gasteiger partial charge in [-0.3, -0.25) is 4.79 Å². The second kappa shape index (κ2) is 5.15. The Morgan fingerprint density at radius 3 is 2.71 bits per heavy atom. The largest absolute Gasteiger partial charge is 0.481 e. The average Bonchev–Trinajstić information content (AvgIpc) is 2.66. The summed E-state index contributed by atoms with van der Waals surface area (Å²) in [5.74, 6) is 3.22. The lowest BCUT2D eigenvalue weighted by molar-refractivity contribution is -0.117. The van der Waals surface area contributed by atoms with Gasteiger partial charge in [0, 0.05) is 23.9 Å². The van der Waals surface area contributed by atoms with Crippen LogP contribution < -0.4 is 9.64 Å². The third-order valence-corrected chi connectivity index (χ3v) is 2.92. The van der Waals surface area contributed by atoms with Gasteiger partial charge in [0.25, 0.3) is 0 Å². The van der Waals surface area contributed by atoms with Crippen molar-refractivity contribution in [1.29, 1.82) is 0 Å². The third-order valence-electron chi connectivity index (χ3n) is 2.58. The number of amides is 1. The number of ether oxygens (including phenoxy) is 1. The van der Waals surface area contributed by atoms with Crippen molar-refractivity contribution in [2.75, 3.05) is 18.1 Å². The molecule has 1 amide bonds. The highest BCUT2D eigenvalue weighted by molar-refractivity contribution is 7.81.